The zero-order valence-electron chi connectivity index (χ0n) is 18.8. The second-order valence-electron chi connectivity index (χ2n) is 7.53. The number of benzene rings is 2. The second kappa shape index (κ2) is 11.3. The Morgan fingerprint density at radius 2 is 1.75 bits per heavy atom. The molecule has 0 saturated carbocycles. The van der Waals surface area contributed by atoms with Gasteiger partial charge in [0.2, 0.25) is 21.8 Å². The van der Waals surface area contributed by atoms with Crippen LogP contribution in [-0.4, -0.2) is 50.5 Å². The summed E-state index contributed by atoms with van der Waals surface area (Å²) in [6, 6.07) is 13.4. The first-order valence-corrected chi connectivity index (χ1v) is 12.7. The molecule has 0 bridgehead atoms. The lowest BCUT2D eigenvalue weighted by Gasteiger charge is -2.33. The molecule has 0 saturated heterocycles. The summed E-state index contributed by atoms with van der Waals surface area (Å²) < 4.78 is 26.3. The third-order valence-electron chi connectivity index (χ3n) is 5.05. The molecule has 2 amide bonds. The number of amides is 2. The van der Waals surface area contributed by atoms with Gasteiger partial charge in [0.25, 0.3) is 0 Å². The van der Waals surface area contributed by atoms with Gasteiger partial charge < -0.3 is 10.2 Å². The van der Waals surface area contributed by atoms with Crippen molar-refractivity contribution in [3.05, 3.63) is 64.7 Å². The fourth-order valence-electron chi connectivity index (χ4n) is 3.44. The van der Waals surface area contributed by atoms with Crippen LogP contribution < -0.4 is 9.62 Å². The number of rotatable bonds is 10. The number of aryl methyl sites for hydroxylation is 1. The fourth-order valence-corrected chi connectivity index (χ4v) is 4.50. The van der Waals surface area contributed by atoms with Gasteiger partial charge in [-0.05, 0) is 43.5 Å². The first-order chi connectivity index (χ1) is 15.1. The van der Waals surface area contributed by atoms with Gasteiger partial charge in [-0.3, -0.25) is 13.9 Å². The van der Waals surface area contributed by atoms with Crippen molar-refractivity contribution in [2.45, 2.75) is 39.8 Å². The Labute approximate surface area is 195 Å². The average Bonchev–Trinajstić information content (AvgIpc) is 2.73. The molecule has 0 heterocycles. The van der Waals surface area contributed by atoms with Crippen LogP contribution in [0.5, 0.6) is 0 Å². The van der Waals surface area contributed by atoms with Crippen LogP contribution in [0.1, 0.15) is 31.4 Å². The van der Waals surface area contributed by atoms with Crippen LogP contribution in [0.15, 0.2) is 48.5 Å². The lowest BCUT2D eigenvalue weighted by molar-refractivity contribution is -0.140. The number of nitrogens with one attached hydrogen (secondary N) is 1. The van der Waals surface area contributed by atoms with E-state index in [0.29, 0.717) is 29.2 Å². The Bertz CT molecular complexity index is 1040. The summed E-state index contributed by atoms with van der Waals surface area (Å²) in [5, 5.41) is 3.13. The van der Waals surface area contributed by atoms with Crippen molar-refractivity contribution < 1.29 is 18.0 Å². The van der Waals surface area contributed by atoms with Gasteiger partial charge in [0.05, 0.1) is 11.9 Å². The van der Waals surface area contributed by atoms with E-state index >= 15 is 0 Å². The zero-order valence-corrected chi connectivity index (χ0v) is 20.4. The maximum absolute atomic E-state index is 13.5. The van der Waals surface area contributed by atoms with E-state index in [9.17, 15) is 18.0 Å². The van der Waals surface area contributed by atoms with Crippen LogP contribution in [-0.2, 0) is 26.2 Å². The summed E-state index contributed by atoms with van der Waals surface area (Å²) >= 11 is 6.10. The number of anilines is 1. The number of carbonyl (C=O) groups excluding carboxylic acids is 2. The molecular formula is C23H30ClN3O4S. The molecule has 1 atom stereocenters. The molecule has 0 aromatic heterocycles. The van der Waals surface area contributed by atoms with Gasteiger partial charge in [-0.15, -0.1) is 0 Å². The summed E-state index contributed by atoms with van der Waals surface area (Å²) in [6.07, 6.45) is 1.43. The first kappa shape index (κ1) is 25.7. The molecule has 2 aromatic rings. The van der Waals surface area contributed by atoms with Crippen molar-refractivity contribution >= 4 is 39.1 Å². The maximum atomic E-state index is 13.5. The third kappa shape index (κ3) is 6.71. The SMILES string of the molecule is CCNC(=O)C(CC)N(Cc1ccccc1)C(=O)CN(c1cc(Cl)ccc1C)S(C)(=O)=O. The number of nitrogens with zero attached hydrogens (tertiary/aromatic N) is 2. The van der Waals surface area contributed by atoms with Crippen LogP contribution >= 0.6 is 11.6 Å². The Morgan fingerprint density at radius 1 is 1.09 bits per heavy atom. The smallest absolute Gasteiger partial charge is 0.244 e. The summed E-state index contributed by atoms with van der Waals surface area (Å²) in [7, 11) is -3.79. The van der Waals surface area contributed by atoms with Gasteiger partial charge in [-0.2, -0.15) is 0 Å². The summed E-state index contributed by atoms with van der Waals surface area (Å²) in [5.74, 6) is -0.749. The molecule has 0 radical (unpaired) electrons. The molecule has 0 spiro atoms. The minimum Gasteiger partial charge on any atom is -0.355 e. The molecule has 0 aliphatic rings. The van der Waals surface area contributed by atoms with Crippen LogP contribution in [0.3, 0.4) is 0 Å². The number of sulfonamides is 1. The van der Waals surface area contributed by atoms with Crippen molar-refractivity contribution in [2.24, 2.45) is 0 Å². The van der Waals surface area contributed by atoms with Gasteiger partial charge in [0.15, 0.2) is 0 Å². The summed E-state index contributed by atoms with van der Waals surface area (Å²) in [5.41, 5.74) is 1.84. The van der Waals surface area contributed by atoms with Gasteiger partial charge >= 0.3 is 0 Å². The molecule has 32 heavy (non-hydrogen) atoms. The van der Waals surface area contributed by atoms with Crippen molar-refractivity contribution in [2.75, 3.05) is 23.7 Å². The highest BCUT2D eigenvalue weighted by atomic mass is 35.5. The van der Waals surface area contributed by atoms with Crippen LogP contribution in [0, 0.1) is 6.92 Å². The summed E-state index contributed by atoms with van der Waals surface area (Å²) in [6.45, 7) is 5.55. The Balaban J connectivity index is 2.45. The molecule has 1 N–H and O–H groups in total. The Morgan fingerprint density at radius 3 is 2.31 bits per heavy atom. The fraction of sp³-hybridized carbons (Fsp3) is 0.391. The molecular weight excluding hydrogens is 450 g/mol. The Kier molecular flexibility index (Phi) is 9.09. The van der Waals surface area contributed by atoms with Gasteiger partial charge in [0.1, 0.15) is 12.6 Å². The molecule has 1 unspecified atom stereocenters. The molecule has 174 valence electrons. The van der Waals surface area contributed by atoms with Crippen molar-refractivity contribution in [1.82, 2.24) is 10.2 Å². The number of halogens is 1. The molecule has 9 heteroatoms. The Hall–Kier alpha value is -2.58. The highest BCUT2D eigenvalue weighted by Crippen LogP contribution is 2.27. The van der Waals surface area contributed by atoms with Crippen LogP contribution in [0.4, 0.5) is 5.69 Å². The monoisotopic (exact) mass is 479 g/mol. The quantitative estimate of drug-likeness (QED) is 0.566. The minimum atomic E-state index is -3.79. The molecule has 0 aliphatic carbocycles. The van der Waals surface area contributed by atoms with Crippen LogP contribution in [0.2, 0.25) is 5.02 Å². The van der Waals surface area contributed by atoms with Crippen molar-refractivity contribution in [3.63, 3.8) is 0 Å². The number of likely N-dealkylation sites (N-methyl/N-ethyl adjacent to an activating group) is 1. The van der Waals surface area contributed by atoms with Crippen molar-refractivity contribution in [1.29, 1.82) is 0 Å². The van der Waals surface area contributed by atoms with Gasteiger partial charge in [-0.1, -0.05) is 54.9 Å². The van der Waals surface area contributed by atoms with E-state index in [2.05, 4.69) is 5.32 Å². The highest BCUT2D eigenvalue weighted by Gasteiger charge is 2.31. The van der Waals surface area contributed by atoms with E-state index in [0.717, 1.165) is 16.1 Å². The number of hydrogen-bond donors (Lipinski definition) is 1. The summed E-state index contributed by atoms with van der Waals surface area (Å²) in [4.78, 5) is 27.6. The predicted molar refractivity (Wildman–Crippen MR) is 128 cm³/mol. The van der Waals surface area contributed by atoms with E-state index < -0.39 is 28.5 Å². The lowest BCUT2D eigenvalue weighted by Crippen LogP contribution is -2.52. The van der Waals surface area contributed by atoms with E-state index in [1.54, 1.807) is 26.0 Å². The molecule has 0 fully saturated rings. The molecule has 7 nitrogen and oxygen atoms in total. The largest absolute Gasteiger partial charge is 0.355 e. The third-order valence-corrected chi connectivity index (χ3v) is 6.41. The molecule has 2 rings (SSSR count). The van der Waals surface area contributed by atoms with Gasteiger partial charge in [-0.25, -0.2) is 8.42 Å². The van der Waals surface area contributed by atoms with E-state index in [-0.39, 0.29) is 12.5 Å². The normalized spacial score (nSPS) is 12.2. The highest BCUT2D eigenvalue weighted by molar-refractivity contribution is 7.92. The molecule has 2 aromatic carbocycles. The second-order valence-corrected chi connectivity index (χ2v) is 9.87. The van der Waals surface area contributed by atoms with E-state index in [1.165, 1.54) is 11.0 Å². The molecule has 0 aliphatic heterocycles. The zero-order chi connectivity index (χ0) is 23.9. The predicted octanol–water partition coefficient (Wildman–Crippen LogP) is 3.36. The van der Waals surface area contributed by atoms with Crippen LogP contribution in [0.25, 0.3) is 0 Å². The average molecular weight is 480 g/mol. The number of carbonyl (C=O) groups is 2. The maximum Gasteiger partial charge on any atom is 0.244 e. The van der Waals surface area contributed by atoms with Gasteiger partial charge in [0, 0.05) is 18.1 Å². The topological polar surface area (TPSA) is 86.8 Å². The van der Waals surface area contributed by atoms with E-state index in [4.69, 9.17) is 11.6 Å². The van der Waals surface area contributed by atoms with E-state index in [1.807, 2.05) is 37.3 Å². The minimum absolute atomic E-state index is 0.182. The lowest BCUT2D eigenvalue weighted by atomic mass is 10.1. The van der Waals surface area contributed by atoms with Crippen molar-refractivity contribution in [3.8, 4) is 0 Å². The number of hydrogen-bond acceptors (Lipinski definition) is 4. The first-order valence-electron chi connectivity index (χ1n) is 10.4. The standard InChI is InChI=1S/C23H30ClN3O4S/c1-5-20(23(29)25-6-2)26(15-18-10-8-7-9-11-18)22(28)16-27(32(4,30)31)21-14-19(24)13-12-17(21)3/h7-14,20H,5-6,15-16H2,1-4H3,(H,25,29).